The number of hydrogen-bond donors (Lipinski definition) is 1. The highest BCUT2D eigenvalue weighted by atomic mass is 16.2. The second-order valence-electron chi connectivity index (χ2n) is 9.33. The van der Waals surface area contributed by atoms with E-state index in [9.17, 15) is 9.59 Å². The molecule has 0 aromatic heterocycles. The fourth-order valence-corrected chi connectivity index (χ4v) is 5.40. The molecule has 1 N–H and O–H groups in total. The standard InChI is InChI=1S/C26H31N3O2/c30-24(27-22-11-5-6-12-23(22)28-15-7-2-8-16-28)21-19-26(21)13-17-29(18-14-26)25(31)20-9-3-1-4-10-20/h1,3-6,9-12,21H,2,7-8,13-19H2,(H,27,30). The number of likely N-dealkylation sites (tertiary alicyclic amines) is 1. The summed E-state index contributed by atoms with van der Waals surface area (Å²) in [5.41, 5.74) is 2.91. The summed E-state index contributed by atoms with van der Waals surface area (Å²) in [4.78, 5) is 30.2. The minimum Gasteiger partial charge on any atom is -0.370 e. The van der Waals surface area contributed by atoms with Crippen molar-refractivity contribution in [1.29, 1.82) is 0 Å². The number of carbonyl (C=O) groups excluding carboxylic acids is 2. The van der Waals surface area contributed by atoms with E-state index in [2.05, 4.69) is 22.3 Å². The Hall–Kier alpha value is -2.82. The van der Waals surface area contributed by atoms with E-state index in [1.165, 1.54) is 19.3 Å². The molecular formula is C26H31N3O2. The molecule has 162 valence electrons. The van der Waals surface area contributed by atoms with E-state index in [0.29, 0.717) is 0 Å². The second kappa shape index (κ2) is 8.37. The SMILES string of the molecule is O=C(Nc1ccccc1N1CCCCC1)C1CC12CCN(C(=O)c1ccccc1)CC2. The van der Waals surface area contributed by atoms with Crippen LogP contribution in [-0.4, -0.2) is 42.9 Å². The highest BCUT2D eigenvalue weighted by molar-refractivity contribution is 5.98. The summed E-state index contributed by atoms with van der Waals surface area (Å²) in [6.45, 7) is 3.60. The molecule has 0 bridgehead atoms. The lowest BCUT2D eigenvalue weighted by Crippen LogP contribution is -2.40. The van der Waals surface area contributed by atoms with E-state index >= 15 is 0 Å². The summed E-state index contributed by atoms with van der Waals surface area (Å²) < 4.78 is 0. The second-order valence-corrected chi connectivity index (χ2v) is 9.33. The summed E-state index contributed by atoms with van der Waals surface area (Å²) in [6.07, 6.45) is 6.49. The first-order chi connectivity index (χ1) is 15.2. The summed E-state index contributed by atoms with van der Waals surface area (Å²) in [6, 6.07) is 17.7. The molecule has 3 aliphatic rings. The van der Waals surface area contributed by atoms with Gasteiger partial charge in [0, 0.05) is 37.7 Å². The third kappa shape index (κ3) is 4.06. The average molecular weight is 418 g/mol. The molecule has 2 aliphatic heterocycles. The van der Waals surface area contributed by atoms with E-state index in [0.717, 1.165) is 62.4 Å². The maximum Gasteiger partial charge on any atom is 0.253 e. The number of nitrogens with zero attached hydrogens (tertiary/aromatic N) is 2. The molecule has 0 radical (unpaired) electrons. The number of nitrogens with one attached hydrogen (secondary N) is 1. The zero-order valence-electron chi connectivity index (χ0n) is 18.1. The first-order valence-corrected chi connectivity index (χ1v) is 11.7. The Morgan fingerprint density at radius 1 is 0.839 bits per heavy atom. The van der Waals surface area contributed by atoms with Crippen molar-refractivity contribution < 1.29 is 9.59 Å². The van der Waals surface area contributed by atoms with Crippen molar-refractivity contribution >= 4 is 23.2 Å². The molecule has 5 heteroatoms. The van der Waals surface area contributed by atoms with Crippen molar-refractivity contribution in [2.24, 2.45) is 11.3 Å². The quantitative estimate of drug-likeness (QED) is 0.794. The fraction of sp³-hybridized carbons (Fsp3) is 0.462. The van der Waals surface area contributed by atoms with Crippen molar-refractivity contribution in [3.05, 3.63) is 60.2 Å². The van der Waals surface area contributed by atoms with Gasteiger partial charge < -0.3 is 15.1 Å². The number of anilines is 2. The molecule has 1 aliphatic carbocycles. The van der Waals surface area contributed by atoms with Gasteiger partial charge in [0.25, 0.3) is 5.91 Å². The lowest BCUT2D eigenvalue weighted by Gasteiger charge is -2.33. The Balaban J connectivity index is 1.19. The molecule has 3 fully saturated rings. The third-order valence-corrected chi connectivity index (χ3v) is 7.43. The molecule has 2 aromatic carbocycles. The molecular weight excluding hydrogens is 386 g/mol. The zero-order chi connectivity index (χ0) is 21.3. The van der Waals surface area contributed by atoms with E-state index < -0.39 is 0 Å². The smallest absolute Gasteiger partial charge is 0.253 e. The number of rotatable bonds is 4. The van der Waals surface area contributed by atoms with Crippen molar-refractivity contribution in [2.45, 2.75) is 38.5 Å². The van der Waals surface area contributed by atoms with Crippen LogP contribution in [0, 0.1) is 11.3 Å². The topological polar surface area (TPSA) is 52.7 Å². The highest BCUT2D eigenvalue weighted by Crippen LogP contribution is 2.59. The van der Waals surface area contributed by atoms with Gasteiger partial charge >= 0.3 is 0 Å². The summed E-state index contributed by atoms with van der Waals surface area (Å²) in [5, 5.41) is 3.24. The lowest BCUT2D eigenvalue weighted by atomic mass is 9.90. The van der Waals surface area contributed by atoms with Gasteiger partial charge in [-0.15, -0.1) is 0 Å². The van der Waals surface area contributed by atoms with E-state index in [1.54, 1.807) is 0 Å². The largest absolute Gasteiger partial charge is 0.370 e. The van der Waals surface area contributed by atoms with Crippen molar-refractivity contribution in [3.8, 4) is 0 Å². The molecule has 1 unspecified atom stereocenters. The molecule has 2 heterocycles. The van der Waals surface area contributed by atoms with Gasteiger partial charge in [0.1, 0.15) is 0 Å². The van der Waals surface area contributed by atoms with E-state index in [-0.39, 0.29) is 23.1 Å². The van der Waals surface area contributed by atoms with Gasteiger partial charge in [-0.05, 0) is 68.2 Å². The van der Waals surface area contributed by atoms with Crippen LogP contribution in [0.4, 0.5) is 11.4 Å². The zero-order valence-corrected chi connectivity index (χ0v) is 18.1. The maximum absolute atomic E-state index is 13.1. The molecule has 5 rings (SSSR count). The predicted molar refractivity (Wildman–Crippen MR) is 123 cm³/mol. The van der Waals surface area contributed by atoms with Crippen molar-refractivity contribution in [3.63, 3.8) is 0 Å². The molecule has 5 nitrogen and oxygen atoms in total. The Morgan fingerprint density at radius 3 is 2.26 bits per heavy atom. The molecule has 1 spiro atoms. The van der Waals surface area contributed by atoms with Gasteiger partial charge in [-0.25, -0.2) is 0 Å². The number of benzene rings is 2. The number of amides is 2. The number of piperidine rings is 2. The van der Waals surface area contributed by atoms with Crippen LogP contribution in [-0.2, 0) is 4.79 Å². The predicted octanol–water partition coefficient (Wildman–Crippen LogP) is 4.56. The van der Waals surface area contributed by atoms with Crippen LogP contribution in [0.3, 0.4) is 0 Å². The Bertz CT molecular complexity index is 944. The van der Waals surface area contributed by atoms with E-state index in [1.807, 2.05) is 47.4 Å². The minimum absolute atomic E-state index is 0.0656. The van der Waals surface area contributed by atoms with Gasteiger partial charge in [-0.2, -0.15) is 0 Å². The molecule has 2 aromatic rings. The van der Waals surface area contributed by atoms with Gasteiger partial charge in [-0.1, -0.05) is 30.3 Å². The number of para-hydroxylation sites is 2. The summed E-state index contributed by atoms with van der Waals surface area (Å²) in [5.74, 6) is 0.316. The molecule has 1 atom stereocenters. The van der Waals surface area contributed by atoms with Crippen molar-refractivity contribution in [2.75, 3.05) is 36.4 Å². The number of hydrogen-bond acceptors (Lipinski definition) is 3. The van der Waals surface area contributed by atoms with Gasteiger partial charge in [0.2, 0.25) is 5.91 Å². The van der Waals surface area contributed by atoms with Crippen LogP contribution in [0.1, 0.15) is 48.9 Å². The molecule has 2 saturated heterocycles. The van der Waals surface area contributed by atoms with E-state index in [4.69, 9.17) is 0 Å². The lowest BCUT2D eigenvalue weighted by molar-refractivity contribution is -0.118. The molecule has 1 saturated carbocycles. The first kappa shape index (κ1) is 20.1. The van der Waals surface area contributed by atoms with Crippen LogP contribution < -0.4 is 10.2 Å². The maximum atomic E-state index is 13.1. The first-order valence-electron chi connectivity index (χ1n) is 11.7. The summed E-state index contributed by atoms with van der Waals surface area (Å²) >= 11 is 0. The van der Waals surface area contributed by atoms with Crippen LogP contribution in [0.15, 0.2) is 54.6 Å². The van der Waals surface area contributed by atoms with Crippen LogP contribution >= 0.6 is 0 Å². The fourth-order valence-electron chi connectivity index (χ4n) is 5.40. The Labute approximate surface area is 184 Å². The average Bonchev–Trinajstić information content (AvgIpc) is 3.54. The Kier molecular flexibility index (Phi) is 5.43. The normalized spacial score (nSPS) is 22.3. The molecule has 2 amide bonds. The van der Waals surface area contributed by atoms with Gasteiger partial charge in [0.05, 0.1) is 11.4 Å². The van der Waals surface area contributed by atoms with Crippen molar-refractivity contribution in [1.82, 2.24) is 4.90 Å². The van der Waals surface area contributed by atoms with Gasteiger partial charge in [-0.3, -0.25) is 9.59 Å². The van der Waals surface area contributed by atoms with Crippen LogP contribution in [0.2, 0.25) is 0 Å². The third-order valence-electron chi connectivity index (χ3n) is 7.43. The van der Waals surface area contributed by atoms with Crippen LogP contribution in [0.25, 0.3) is 0 Å². The highest BCUT2D eigenvalue weighted by Gasteiger charge is 2.58. The van der Waals surface area contributed by atoms with Gasteiger partial charge in [0.15, 0.2) is 0 Å². The summed E-state index contributed by atoms with van der Waals surface area (Å²) in [7, 11) is 0. The van der Waals surface area contributed by atoms with Crippen LogP contribution in [0.5, 0.6) is 0 Å². The molecule has 31 heavy (non-hydrogen) atoms. The Morgan fingerprint density at radius 2 is 1.52 bits per heavy atom. The number of carbonyl (C=O) groups is 2. The monoisotopic (exact) mass is 417 g/mol. The minimum atomic E-state index is 0.0656.